The summed E-state index contributed by atoms with van der Waals surface area (Å²) in [6, 6.07) is 9.09. The molecule has 1 aliphatic heterocycles. The van der Waals surface area contributed by atoms with Crippen LogP contribution in [-0.4, -0.2) is 35.6 Å². The SMILES string of the molecule is CC1(C)[C@H]2CC=C(CN3CCC(Nc4nc5ccccc5o4)CC3)[C@@H]1C2. The number of para-hydroxylation sites is 2. The number of anilines is 1. The molecule has 6 rings (SSSR count). The number of fused-ring (bicyclic) bond motifs is 2. The molecule has 1 N–H and O–H groups in total. The predicted octanol–water partition coefficient (Wildman–Crippen LogP) is 4.70. The van der Waals surface area contributed by atoms with Gasteiger partial charge in [0.2, 0.25) is 0 Å². The first-order valence-electron chi connectivity index (χ1n) is 10.1. The Morgan fingerprint density at radius 2 is 2.04 bits per heavy atom. The van der Waals surface area contributed by atoms with E-state index in [2.05, 4.69) is 35.1 Å². The molecule has 2 bridgehead atoms. The van der Waals surface area contributed by atoms with Gasteiger partial charge in [0.05, 0.1) is 0 Å². The second-order valence-electron chi connectivity index (χ2n) is 9.00. The molecule has 1 saturated carbocycles. The van der Waals surface area contributed by atoms with Gasteiger partial charge in [-0.3, -0.25) is 4.90 Å². The van der Waals surface area contributed by atoms with Gasteiger partial charge in [-0.05, 0) is 55.1 Å². The Labute approximate surface area is 155 Å². The largest absolute Gasteiger partial charge is 0.424 e. The van der Waals surface area contributed by atoms with Gasteiger partial charge >= 0.3 is 0 Å². The van der Waals surface area contributed by atoms with E-state index in [-0.39, 0.29) is 0 Å². The Kier molecular flexibility index (Phi) is 3.85. The first-order chi connectivity index (χ1) is 12.6. The van der Waals surface area contributed by atoms with Crippen LogP contribution in [0.2, 0.25) is 0 Å². The quantitative estimate of drug-likeness (QED) is 0.811. The topological polar surface area (TPSA) is 41.3 Å². The number of benzene rings is 1. The lowest BCUT2D eigenvalue weighted by Crippen LogP contribution is -2.50. The lowest BCUT2D eigenvalue weighted by atomic mass is 9.49. The number of piperidine rings is 1. The maximum Gasteiger partial charge on any atom is 0.295 e. The van der Waals surface area contributed by atoms with Gasteiger partial charge in [-0.25, -0.2) is 0 Å². The van der Waals surface area contributed by atoms with Crippen molar-refractivity contribution >= 4 is 17.1 Å². The van der Waals surface area contributed by atoms with Gasteiger partial charge in [-0.2, -0.15) is 4.98 Å². The third-order valence-electron chi connectivity index (χ3n) is 7.20. The minimum absolute atomic E-state index is 0.462. The fourth-order valence-corrected chi connectivity index (χ4v) is 5.26. The van der Waals surface area contributed by atoms with E-state index in [0.717, 1.165) is 48.9 Å². The summed E-state index contributed by atoms with van der Waals surface area (Å²) in [4.78, 5) is 7.19. The van der Waals surface area contributed by atoms with E-state index in [1.165, 1.54) is 19.4 Å². The van der Waals surface area contributed by atoms with Crippen LogP contribution in [0.25, 0.3) is 11.1 Å². The molecule has 0 radical (unpaired) electrons. The number of hydrogen-bond acceptors (Lipinski definition) is 4. The lowest BCUT2D eigenvalue weighted by Gasteiger charge is -2.57. The van der Waals surface area contributed by atoms with Crippen molar-refractivity contribution < 1.29 is 4.42 Å². The van der Waals surface area contributed by atoms with Crippen molar-refractivity contribution in [3.63, 3.8) is 0 Å². The molecule has 2 fully saturated rings. The highest BCUT2D eigenvalue weighted by Gasteiger charge is 2.51. The number of allylic oxidation sites excluding steroid dienone is 1. The van der Waals surface area contributed by atoms with Crippen molar-refractivity contribution in [3.05, 3.63) is 35.9 Å². The van der Waals surface area contributed by atoms with Crippen molar-refractivity contribution in [2.45, 2.75) is 45.6 Å². The molecule has 4 heteroatoms. The van der Waals surface area contributed by atoms with Crippen LogP contribution in [0, 0.1) is 17.3 Å². The number of nitrogens with zero attached hydrogens (tertiary/aromatic N) is 2. The zero-order valence-corrected chi connectivity index (χ0v) is 15.9. The maximum atomic E-state index is 5.82. The van der Waals surface area contributed by atoms with Gasteiger partial charge in [-0.15, -0.1) is 0 Å². The van der Waals surface area contributed by atoms with Gasteiger partial charge in [0.15, 0.2) is 5.58 Å². The molecule has 4 nitrogen and oxygen atoms in total. The summed E-state index contributed by atoms with van der Waals surface area (Å²) in [5.74, 6) is 1.76. The Bertz CT molecular complexity index is 796. The third kappa shape index (κ3) is 2.75. The number of rotatable bonds is 4. The van der Waals surface area contributed by atoms with Crippen LogP contribution in [0.15, 0.2) is 40.3 Å². The number of nitrogens with one attached hydrogen (secondary N) is 1. The highest BCUT2D eigenvalue weighted by atomic mass is 16.4. The van der Waals surface area contributed by atoms with Crippen molar-refractivity contribution in [2.75, 3.05) is 25.0 Å². The summed E-state index contributed by atoms with van der Waals surface area (Å²) in [5, 5.41) is 3.51. The van der Waals surface area contributed by atoms with Gasteiger partial charge in [0, 0.05) is 25.7 Å². The predicted molar refractivity (Wildman–Crippen MR) is 105 cm³/mol. The molecule has 0 unspecified atom stereocenters. The number of aromatic nitrogens is 1. The molecular weight excluding hydrogens is 322 g/mol. The molecule has 3 aliphatic carbocycles. The van der Waals surface area contributed by atoms with Crippen molar-refractivity contribution in [2.24, 2.45) is 17.3 Å². The van der Waals surface area contributed by atoms with E-state index in [1.807, 2.05) is 24.3 Å². The average Bonchev–Trinajstić information content (AvgIpc) is 3.05. The molecule has 2 heterocycles. The van der Waals surface area contributed by atoms with Crippen molar-refractivity contribution in [3.8, 4) is 0 Å². The smallest absolute Gasteiger partial charge is 0.295 e. The monoisotopic (exact) mass is 351 g/mol. The van der Waals surface area contributed by atoms with E-state index >= 15 is 0 Å². The average molecular weight is 351 g/mol. The summed E-state index contributed by atoms with van der Waals surface area (Å²) in [6.07, 6.45) is 7.58. The number of hydrogen-bond donors (Lipinski definition) is 1. The van der Waals surface area contributed by atoms with Crippen LogP contribution >= 0.6 is 0 Å². The van der Waals surface area contributed by atoms with Gasteiger partial charge in [0.1, 0.15) is 5.52 Å². The van der Waals surface area contributed by atoms with Gasteiger partial charge in [-0.1, -0.05) is 37.6 Å². The Balaban J connectivity index is 1.16. The second kappa shape index (κ2) is 6.12. The standard InChI is InChI=1S/C22H29N3O/c1-22(2)16-8-7-15(18(22)13-16)14-25-11-9-17(10-12-25)23-21-24-19-5-3-4-6-20(19)26-21/h3-7,16-18H,8-14H2,1-2H3,(H,23,24)/t16-,18-/m0/s1. The van der Waals surface area contributed by atoms with Crippen molar-refractivity contribution in [1.82, 2.24) is 9.88 Å². The highest BCUT2D eigenvalue weighted by molar-refractivity contribution is 5.74. The summed E-state index contributed by atoms with van der Waals surface area (Å²) in [5.41, 5.74) is 4.04. The maximum absolute atomic E-state index is 5.82. The number of likely N-dealkylation sites (tertiary alicyclic amines) is 1. The minimum Gasteiger partial charge on any atom is -0.424 e. The van der Waals surface area contributed by atoms with Gasteiger partial charge < -0.3 is 9.73 Å². The molecular formula is C22H29N3O. The van der Waals surface area contributed by atoms with Crippen LogP contribution in [0.1, 0.15) is 39.5 Å². The van der Waals surface area contributed by atoms with Crippen LogP contribution in [0.5, 0.6) is 0 Å². The van der Waals surface area contributed by atoms with E-state index in [9.17, 15) is 0 Å². The Morgan fingerprint density at radius 1 is 1.23 bits per heavy atom. The van der Waals surface area contributed by atoms with Crippen molar-refractivity contribution in [1.29, 1.82) is 0 Å². The molecule has 2 atom stereocenters. The first-order valence-corrected chi connectivity index (χ1v) is 10.1. The molecule has 0 spiro atoms. The second-order valence-corrected chi connectivity index (χ2v) is 9.00. The van der Waals surface area contributed by atoms with Gasteiger partial charge in [0.25, 0.3) is 6.01 Å². The summed E-state index contributed by atoms with van der Waals surface area (Å²) in [7, 11) is 0. The molecule has 2 aromatic rings. The van der Waals surface area contributed by atoms with E-state index in [0.29, 0.717) is 17.5 Å². The van der Waals surface area contributed by atoms with Crippen LogP contribution < -0.4 is 5.32 Å². The molecule has 1 aromatic heterocycles. The number of oxazole rings is 1. The zero-order valence-electron chi connectivity index (χ0n) is 15.9. The highest BCUT2D eigenvalue weighted by Crippen LogP contribution is 2.59. The summed E-state index contributed by atoms with van der Waals surface area (Å²) >= 11 is 0. The molecule has 138 valence electrons. The zero-order chi connectivity index (χ0) is 17.7. The van der Waals surface area contributed by atoms with E-state index in [4.69, 9.17) is 4.42 Å². The molecule has 4 aliphatic rings. The van der Waals surface area contributed by atoms with Crippen LogP contribution in [-0.2, 0) is 0 Å². The fraction of sp³-hybridized carbons (Fsp3) is 0.591. The van der Waals surface area contributed by atoms with Crippen LogP contribution in [0.4, 0.5) is 6.01 Å². The summed E-state index contributed by atoms with van der Waals surface area (Å²) < 4.78 is 5.82. The van der Waals surface area contributed by atoms with Crippen LogP contribution in [0.3, 0.4) is 0 Å². The Morgan fingerprint density at radius 3 is 2.77 bits per heavy atom. The fourth-order valence-electron chi connectivity index (χ4n) is 5.26. The Hall–Kier alpha value is -1.81. The normalized spacial score (nSPS) is 28.6. The molecule has 1 aromatic carbocycles. The first kappa shape index (κ1) is 16.4. The molecule has 0 amide bonds. The lowest BCUT2D eigenvalue weighted by molar-refractivity contribution is -0.0112. The third-order valence-corrected chi connectivity index (χ3v) is 7.20. The molecule has 26 heavy (non-hydrogen) atoms. The summed E-state index contributed by atoms with van der Waals surface area (Å²) in [6.45, 7) is 8.43. The minimum atomic E-state index is 0.462. The van der Waals surface area contributed by atoms with E-state index in [1.54, 1.807) is 5.57 Å². The molecule has 1 saturated heterocycles. The van der Waals surface area contributed by atoms with E-state index < -0.39 is 0 Å².